The van der Waals surface area contributed by atoms with Crippen molar-refractivity contribution in [2.45, 2.75) is 6.54 Å². The van der Waals surface area contributed by atoms with Crippen LogP contribution in [0.25, 0.3) is 11.5 Å². The number of carbonyl (C=O) groups is 1. The third-order valence-electron chi connectivity index (χ3n) is 5.01. The Bertz CT molecular complexity index is 1230. The van der Waals surface area contributed by atoms with Gasteiger partial charge in [-0.25, -0.2) is 9.07 Å². The SMILES string of the molecule is O=C(NCc1cccc2c1OCCO2)c1cnn(-c2ccccc2F)c1-n1cccc1. The topological polar surface area (TPSA) is 70.3 Å². The molecule has 0 fully saturated rings. The summed E-state index contributed by atoms with van der Waals surface area (Å²) in [5.41, 5.74) is 1.39. The van der Waals surface area contributed by atoms with E-state index in [0.29, 0.717) is 36.1 Å². The average Bonchev–Trinajstić information content (AvgIpc) is 3.47. The largest absolute Gasteiger partial charge is 0.486 e. The second-order valence-corrected chi connectivity index (χ2v) is 6.96. The van der Waals surface area contributed by atoms with E-state index < -0.39 is 5.82 Å². The smallest absolute Gasteiger partial charge is 0.256 e. The first-order valence-corrected chi connectivity index (χ1v) is 9.84. The van der Waals surface area contributed by atoms with E-state index in [1.807, 2.05) is 30.3 Å². The molecule has 0 radical (unpaired) electrons. The van der Waals surface area contributed by atoms with Crippen LogP contribution in [0.1, 0.15) is 15.9 Å². The molecule has 0 bridgehead atoms. The number of hydrogen-bond donors (Lipinski definition) is 1. The lowest BCUT2D eigenvalue weighted by Crippen LogP contribution is -2.25. The van der Waals surface area contributed by atoms with Gasteiger partial charge in [-0.15, -0.1) is 0 Å². The Morgan fingerprint density at radius 1 is 1.03 bits per heavy atom. The number of nitrogens with zero attached hydrogens (tertiary/aromatic N) is 3. The minimum absolute atomic E-state index is 0.251. The molecule has 4 aromatic rings. The van der Waals surface area contributed by atoms with Crippen molar-refractivity contribution in [3.63, 3.8) is 0 Å². The third-order valence-corrected chi connectivity index (χ3v) is 5.01. The van der Waals surface area contributed by atoms with E-state index >= 15 is 0 Å². The van der Waals surface area contributed by atoms with E-state index in [0.717, 1.165) is 5.56 Å². The molecule has 1 aliphatic rings. The van der Waals surface area contributed by atoms with Gasteiger partial charge in [0.25, 0.3) is 5.91 Å². The van der Waals surface area contributed by atoms with Gasteiger partial charge in [0.1, 0.15) is 30.3 Å². The van der Waals surface area contributed by atoms with Gasteiger partial charge in [-0.2, -0.15) is 5.10 Å². The molecule has 1 amide bonds. The monoisotopic (exact) mass is 418 g/mol. The Hall–Kier alpha value is -4.07. The van der Waals surface area contributed by atoms with Crippen LogP contribution in [-0.4, -0.2) is 33.5 Å². The normalized spacial score (nSPS) is 12.5. The van der Waals surface area contributed by atoms with Crippen molar-refractivity contribution in [2.75, 3.05) is 13.2 Å². The molecular weight excluding hydrogens is 399 g/mol. The molecule has 0 saturated carbocycles. The molecule has 0 aliphatic carbocycles. The summed E-state index contributed by atoms with van der Waals surface area (Å²) >= 11 is 0. The summed E-state index contributed by atoms with van der Waals surface area (Å²) in [7, 11) is 0. The first-order chi connectivity index (χ1) is 15.2. The summed E-state index contributed by atoms with van der Waals surface area (Å²) in [6.07, 6.45) is 5.00. The van der Waals surface area contributed by atoms with Crippen molar-refractivity contribution in [2.24, 2.45) is 0 Å². The van der Waals surface area contributed by atoms with E-state index in [1.165, 1.54) is 16.9 Å². The second-order valence-electron chi connectivity index (χ2n) is 6.96. The van der Waals surface area contributed by atoms with Gasteiger partial charge in [-0.05, 0) is 30.3 Å². The van der Waals surface area contributed by atoms with E-state index in [4.69, 9.17) is 9.47 Å². The van der Waals surface area contributed by atoms with E-state index in [1.54, 1.807) is 35.2 Å². The standard InChI is InChI=1S/C23H19FN4O3/c24-18-7-1-2-8-19(18)28-23(27-10-3-4-11-27)17(15-26-28)22(29)25-14-16-6-5-9-20-21(16)31-13-12-30-20/h1-11,15H,12-14H2,(H,25,29). The Balaban J connectivity index is 1.47. The number of carbonyl (C=O) groups excluding carboxylic acids is 1. The number of halogens is 1. The fourth-order valence-corrected chi connectivity index (χ4v) is 3.57. The molecule has 0 atom stereocenters. The zero-order chi connectivity index (χ0) is 21.2. The van der Waals surface area contributed by atoms with Crippen LogP contribution in [0.4, 0.5) is 4.39 Å². The predicted octanol–water partition coefficient (Wildman–Crippen LogP) is 3.50. The zero-order valence-electron chi connectivity index (χ0n) is 16.5. The molecule has 5 rings (SSSR count). The minimum Gasteiger partial charge on any atom is -0.486 e. The molecule has 1 N–H and O–H groups in total. The summed E-state index contributed by atoms with van der Waals surface area (Å²) in [5.74, 6) is 0.988. The van der Waals surface area contributed by atoms with Gasteiger partial charge >= 0.3 is 0 Å². The van der Waals surface area contributed by atoms with Gasteiger partial charge in [0.15, 0.2) is 17.3 Å². The van der Waals surface area contributed by atoms with Crippen LogP contribution < -0.4 is 14.8 Å². The van der Waals surface area contributed by atoms with Crippen LogP contribution in [0.3, 0.4) is 0 Å². The summed E-state index contributed by atoms with van der Waals surface area (Å²) in [6.45, 7) is 1.21. The highest BCUT2D eigenvalue weighted by Gasteiger charge is 2.22. The van der Waals surface area contributed by atoms with Crippen LogP contribution in [-0.2, 0) is 6.54 Å². The van der Waals surface area contributed by atoms with Crippen LogP contribution >= 0.6 is 0 Å². The number of aromatic nitrogens is 3. The number of benzene rings is 2. The lowest BCUT2D eigenvalue weighted by atomic mass is 10.1. The lowest BCUT2D eigenvalue weighted by Gasteiger charge is -2.21. The van der Waals surface area contributed by atoms with Crippen molar-refractivity contribution in [3.8, 4) is 23.0 Å². The highest BCUT2D eigenvalue weighted by atomic mass is 19.1. The van der Waals surface area contributed by atoms with Gasteiger partial charge in [0.2, 0.25) is 0 Å². The van der Waals surface area contributed by atoms with Crippen molar-refractivity contribution in [3.05, 3.63) is 90.1 Å². The molecule has 3 heterocycles. The molecule has 0 saturated heterocycles. The van der Waals surface area contributed by atoms with Crippen molar-refractivity contribution in [1.29, 1.82) is 0 Å². The second kappa shape index (κ2) is 7.98. The maximum atomic E-state index is 14.4. The van der Waals surface area contributed by atoms with Gasteiger partial charge < -0.3 is 19.4 Å². The van der Waals surface area contributed by atoms with E-state index in [-0.39, 0.29) is 18.1 Å². The summed E-state index contributed by atoms with van der Waals surface area (Å²) in [4.78, 5) is 13.1. The number of rotatable bonds is 5. The molecule has 8 heteroatoms. The van der Waals surface area contributed by atoms with E-state index in [2.05, 4.69) is 10.4 Å². The highest BCUT2D eigenvalue weighted by Crippen LogP contribution is 2.33. The summed E-state index contributed by atoms with van der Waals surface area (Å²) in [6, 6.07) is 15.5. The number of para-hydroxylation sites is 2. The molecule has 2 aromatic carbocycles. The molecule has 156 valence electrons. The molecular formula is C23H19FN4O3. The summed E-state index contributed by atoms with van der Waals surface area (Å²) in [5, 5.41) is 7.21. The molecule has 1 aliphatic heterocycles. The van der Waals surface area contributed by atoms with Gasteiger partial charge in [0.05, 0.1) is 6.20 Å². The quantitative estimate of drug-likeness (QED) is 0.539. The number of fused-ring (bicyclic) bond motifs is 1. The number of hydrogen-bond acceptors (Lipinski definition) is 4. The number of ether oxygens (including phenoxy) is 2. The lowest BCUT2D eigenvalue weighted by molar-refractivity contribution is 0.0950. The number of amides is 1. The van der Waals surface area contributed by atoms with Crippen molar-refractivity contribution in [1.82, 2.24) is 19.7 Å². The van der Waals surface area contributed by atoms with Crippen LogP contribution in [0.2, 0.25) is 0 Å². The summed E-state index contributed by atoms with van der Waals surface area (Å²) < 4.78 is 28.9. The fourth-order valence-electron chi connectivity index (χ4n) is 3.57. The highest BCUT2D eigenvalue weighted by molar-refractivity contribution is 5.97. The molecule has 7 nitrogen and oxygen atoms in total. The van der Waals surface area contributed by atoms with E-state index in [9.17, 15) is 9.18 Å². The minimum atomic E-state index is -0.431. The van der Waals surface area contributed by atoms with Crippen LogP contribution in [0.5, 0.6) is 11.5 Å². The maximum Gasteiger partial charge on any atom is 0.256 e. The fraction of sp³-hybridized carbons (Fsp3) is 0.130. The average molecular weight is 418 g/mol. The molecule has 0 unspecified atom stereocenters. The molecule has 2 aromatic heterocycles. The maximum absolute atomic E-state index is 14.4. The van der Waals surface area contributed by atoms with Gasteiger partial charge in [-0.1, -0.05) is 24.3 Å². The van der Waals surface area contributed by atoms with Crippen molar-refractivity contribution >= 4 is 5.91 Å². The Morgan fingerprint density at radius 2 is 1.84 bits per heavy atom. The molecule has 0 spiro atoms. The predicted molar refractivity (Wildman–Crippen MR) is 111 cm³/mol. The zero-order valence-corrected chi connectivity index (χ0v) is 16.5. The van der Waals surface area contributed by atoms with Crippen molar-refractivity contribution < 1.29 is 18.7 Å². The molecule has 31 heavy (non-hydrogen) atoms. The Morgan fingerprint density at radius 3 is 2.68 bits per heavy atom. The van der Waals surface area contributed by atoms with Crippen LogP contribution in [0, 0.1) is 5.82 Å². The first kappa shape index (κ1) is 18.9. The van der Waals surface area contributed by atoms with Gasteiger partial charge in [0, 0.05) is 24.5 Å². The Labute approximate surface area is 177 Å². The van der Waals surface area contributed by atoms with Gasteiger partial charge in [-0.3, -0.25) is 4.79 Å². The first-order valence-electron chi connectivity index (χ1n) is 9.84. The Kier molecular flexibility index (Phi) is 4.87. The third kappa shape index (κ3) is 3.52. The number of nitrogens with one attached hydrogen (secondary N) is 1. The van der Waals surface area contributed by atoms with Crippen LogP contribution in [0.15, 0.2) is 73.2 Å².